The smallest absolute Gasteiger partial charge is 0.337 e. The van der Waals surface area contributed by atoms with E-state index in [1.54, 1.807) is 11.8 Å². The van der Waals surface area contributed by atoms with E-state index in [0.29, 0.717) is 25.8 Å². The van der Waals surface area contributed by atoms with Crippen molar-refractivity contribution >= 4 is 29.3 Å². The molecule has 0 radical (unpaired) electrons. The van der Waals surface area contributed by atoms with Gasteiger partial charge < -0.3 is 9.64 Å². The highest BCUT2D eigenvalue weighted by Crippen LogP contribution is 2.44. The molecule has 3 rings (SSSR count). The number of esters is 1. The lowest BCUT2D eigenvalue weighted by Gasteiger charge is -2.48. The second kappa shape index (κ2) is 6.55. The summed E-state index contributed by atoms with van der Waals surface area (Å²) >= 11 is 6.49. The van der Waals surface area contributed by atoms with Gasteiger partial charge in [0.15, 0.2) is 0 Å². The molecular formula is C18H20ClNO4. The highest BCUT2D eigenvalue weighted by Gasteiger charge is 2.62. The highest BCUT2D eigenvalue weighted by atomic mass is 35.5. The molecule has 2 fully saturated rings. The van der Waals surface area contributed by atoms with Gasteiger partial charge in [-0.2, -0.15) is 0 Å². The Kier molecular flexibility index (Phi) is 4.63. The molecule has 1 saturated heterocycles. The Morgan fingerprint density at radius 1 is 1.33 bits per heavy atom. The molecule has 3 atom stereocenters. The van der Waals surface area contributed by atoms with Gasteiger partial charge in [-0.05, 0) is 25.3 Å². The fourth-order valence-electron chi connectivity index (χ4n) is 3.64. The number of carbonyl (C=O) groups excluding carboxylic acids is 3. The largest absolute Gasteiger partial charge is 0.464 e. The van der Waals surface area contributed by atoms with Crippen molar-refractivity contribution in [3.05, 3.63) is 35.9 Å². The average Bonchev–Trinajstić information content (AvgIpc) is 2.59. The second-order valence-corrected chi connectivity index (χ2v) is 6.89. The van der Waals surface area contributed by atoms with Crippen LogP contribution in [-0.4, -0.2) is 40.1 Å². The van der Waals surface area contributed by atoms with Crippen LogP contribution in [-0.2, 0) is 25.7 Å². The molecule has 1 amide bonds. The number of piperidine rings is 1. The number of rotatable bonds is 4. The molecule has 128 valence electrons. The van der Waals surface area contributed by atoms with Gasteiger partial charge in [0.2, 0.25) is 4.87 Å². The van der Waals surface area contributed by atoms with Crippen LogP contribution in [0.1, 0.15) is 31.7 Å². The number of alkyl halides is 1. The van der Waals surface area contributed by atoms with E-state index in [-0.39, 0.29) is 18.4 Å². The van der Waals surface area contributed by atoms with Crippen molar-refractivity contribution in [3.8, 4) is 0 Å². The van der Waals surface area contributed by atoms with Crippen LogP contribution in [0.4, 0.5) is 0 Å². The topological polar surface area (TPSA) is 63.7 Å². The molecule has 5 nitrogen and oxygen atoms in total. The Bertz CT molecular complexity index is 662. The third-order valence-electron chi connectivity index (χ3n) is 4.88. The summed E-state index contributed by atoms with van der Waals surface area (Å²) in [6.07, 6.45) is 1.37. The van der Waals surface area contributed by atoms with Crippen LogP contribution in [0, 0.1) is 5.92 Å². The van der Waals surface area contributed by atoms with E-state index in [1.807, 2.05) is 30.3 Å². The van der Waals surface area contributed by atoms with E-state index in [9.17, 15) is 14.4 Å². The quantitative estimate of drug-likeness (QED) is 0.475. The van der Waals surface area contributed by atoms with Gasteiger partial charge in [0.1, 0.15) is 5.78 Å². The fourth-order valence-corrected chi connectivity index (χ4v) is 4.02. The summed E-state index contributed by atoms with van der Waals surface area (Å²) in [5.41, 5.74) is 0.962. The molecule has 0 unspecified atom stereocenters. The SMILES string of the molecule is CCOC(=O)[C@]1(Cl)C(=O)N(Cc2ccccc2)[C@H]2CCC(=O)[C@@H]1C2. The molecule has 2 aliphatic rings. The first-order chi connectivity index (χ1) is 11.5. The molecule has 0 N–H and O–H groups in total. The molecule has 0 spiro atoms. The predicted molar refractivity (Wildman–Crippen MR) is 88.3 cm³/mol. The maximum Gasteiger partial charge on any atom is 0.337 e. The number of Topliss-reactive ketones (excluding diaryl/α,β-unsaturated/α-hetero) is 1. The minimum atomic E-state index is -1.93. The minimum Gasteiger partial charge on any atom is -0.464 e. The zero-order valence-corrected chi connectivity index (χ0v) is 14.3. The van der Waals surface area contributed by atoms with E-state index in [0.717, 1.165) is 5.56 Å². The number of nitrogens with zero attached hydrogens (tertiary/aromatic N) is 1. The predicted octanol–water partition coefficient (Wildman–Crippen LogP) is 2.31. The summed E-state index contributed by atoms with van der Waals surface area (Å²) in [4.78, 5) is 37.5. The van der Waals surface area contributed by atoms with Gasteiger partial charge in [0, 0.05) is 19.0 Å². The molecule has 1 aliphatic carbocycles. The summed E-state index contributed by atoms with van der Waals surface area (Å²) in [5.74, 6) is -2.24. The molecule has 1 aromatic rings. The number of fused-ring (bicyclic) bond motifs is 2. The zero-order chi connectivity index (χ0) is 17.3. The number of benzene rings is 1. The molecule has 1 aromatic carbocycles. The second-order valence-electron chi connectivity index (χ2n) is 6.30. The molecule has 24 heavy (non-hydrogen) atoms. The Labute approximate surface area is 145 Å². The average molecular weight is 350 g/mol. The first-order valence-corrected chi connectivity index (χ1v) is 8.60. The monoisotopic (exact) mass is 349 g/mol. The van der Waals surface area contributed by atoms with Gasteiger partial charge >= 0.3 is 5.97 Å². The summed E-state index contributed by atoms with van der Waals surface area (Å²) in [5, 5.41) is 0. The summed E-state index contributed by atoms with van der Waals surface area (Å²) in [7, 11) is 0. The van der Waals surface area contributed by atoms with Gasteiger partial charge in [-0.1, -0.05) is 41.9 Å². The van der Waals surface area contributed by atoms with Crippen molar-refractivity contribution in [2.24, 2.45) is 5.92 Å². The molecular weight excluding hydrogens is 330 g/mol. The van der Waals surface area contributed by atoms with Crippen LogP contribution < -0.4 is 0 Å². The van der Waals surface area contributed by atoms with Gasteiger partial charge in [-0.3, -0.25) is 9.59 Å². The van der Waals surface area contributed by atoms with Crippen LogP contribution in [0.3, 0.4) is 0 Å². The lowest BCUT2D eigenvalue weighted by Crippen LogP contribution is -2.66. The Balaban J connectivity index is 1.95. The Hall–Kier alpha value is -1.88. The normalized spacial score (nSPS) is 29.5. The first kappa shape index (κ1) is 17.0. The number of hydrogen-bond acceptors (Lipinski definition) is 4. The summed E-state index contributed by atoms with van der Waals surface area (Å²) < 4.78 is 5.02. The van der Waals surface area contributed by atoms with Gasteiger partial charge in [0.25, 0.3) is 5.91 Å². The fraction of sp³-hybridized carbons (Fsp3) is 0.500. The molecule has 1 aliphatic heterocycles. The lowest BCUT2D eigenvalue weighted by molar-refractivity contribution is -0.166. The third-order valence-corrected chi connectivity index (χ3v) is 5.46. The molecule has 1 heterocycles. The Morgan fingerprint density at radius 3 is 2.71 bits per heavy atom. The zero-order valence-electron chi connectivity index (χ0n) is 13.5. The number of ether oxygens (including phenoxy) is 1. The molecule has 0 aromatic heterocycles. The number of halogens is 1. The summed E-state index contributed by atoms with van der Waals surface area (Å²) in [6, 6.07) is 9.48. The van der Waals surface area contributed by atoms with Crippen molar-refractivity contribution in [3.63, 3.8) is 0 Å². The maximum atomic E-state index is 13.1. The first-order valence-electron chi connectivity index (χ1n) is 8.22. The van der Waals surface area contributed by atoms with Crippen molar-refractivity contribution < 1.29 is 19.1 Å². The Morgan fingerprint density at radius 2 is 2.04 bits per heavy atom. The van der Waals surface area contributed by atoms with Crippen LogP contribution in [0.2, 0.25) is 0 Å². The van der Waals surface area contributed by atoms with E-state index in [1.165, 1.54) is 0 Å². The van der Waals surface area contributed by atoms with Crippen LogP contribution in [0.5, 0.6) is 0 Å². The van der Waals surface area contributed by atoms with Gasteiger partial charge in [0.05, 0.1) is 12.5 Å². The van der Waals surface area contributed by atoms with Crippen molar-refractivity contribution in [1.82, 2.24) is 4.90 Å². The van der Waals surface area contributed by atoms with Crippen LogP contribution in [0.25, 0.3) is 0 Å². The molecule has 1 saturated carbocycles. The van der Waals surface area contributed by atoms with Crippen LogP contribution in [0.15, 0.2) is 30.3 Å². The van der Waals surface area contributed by atoms with E-state index in [4.69, 9.17) is 16.3 Å². The number of carbonyl (C=O) groups is 3. The standard InChI is InChI=1S/C18H20ClNO4/c1-2-24-17(23)18(19)14-10-13(8-9-15(14)21)20(16(18)22)11-12-6-4-3-5-7-12/h3-7,13-14H,2,8-11H2,1H3/t13-,14-,18+/m0/s1. The van der Waals surface area contributed by atoms with Crippen LogP contribution >= 0.6 is 11.6 Å². The highest BCUT2D eigenvalue weighted by molar-refractivity contribution is 6.47. The third kappa shape index (κ3) is 2.71. The van der Waals surface area contributed by atoms with E-state index in [2.05, 4.69) is 0 Å². The van der Waals surface area contributed by atoms with Crippen molar-refractivity contribution in [1.29, 1.82) is 0 Å². The number of amides is 1. The molecule has 6 heteroatoms. The van der Waals surface area contributed by atoms with Gasteiger partial charge in [-0.15, -0.1) is 0 Å². The van der Waals surface area contributed by atoms with Gasteiger partial charge in [-0.25, -0.2) is 4.79 Å². The number of hydrogen-bond donors (Lipinski definition) is 0. The van der Waals surface area contributed by atoms with E-state index >= 15 is 0 Å². The van der Waals surface area contributed by atoms with Crippen molar-refractivity contribution in [2.75, 3.05) is 6.61 Å². The number of likely N-dealkylation sites (tertiary alicyclic amines) is 1. The summed E-state index contributed by atoms with van der Waals surface area (Å²) in [6.45, 7) is 2.14. The molecule has 2 bridgehead atoms. The lowest BCUT2D eigenvalue weighted by atomic mass is 9.71. The maximum absolute atomic E-state index is 13.1. The minimum absolute atomic E-state index is 0.0679. The van der Waals surface area contributed by atoms with Crippen molar-refractivity contribution in [2.45, 2.75) is 43.6 Å². The number of ketones is 1. The van der Waals surface area contributed by atoms with E-state index < -0.39 is 22.7 Å².